The lowest BCUT2D eigenvalue weighted by Crippen LogP contribution is -2.38. The third kappa shape index (κ3) is 3.27. The maximum absolute atomic E-state index is 12.5. The molecule has 2 aliphatic heterocycles. The standard InChI is InChI=1S/C15H16BrF3N2O2/c1-14-6-10(16)7-21(14)13(22)20(8-14)11-2-4-12(5-3-11)23-9-15(17,18)19/h2-5,10H,6-9H2,1H3. The van der Waals surface area contributed by atoms with Gasteiger partial charge in [-0.05, 0) is 37.6 Å². The smallest absolute Gasteiger partial charge is 0.422 e. The minimum Gasteiger partial charge on any atom is -0.484 e. The Kier molecular flexibility index (Phi) is 3.98. The molecule has 3 rings (SSSR count). The molecule has 2 aliphatic rings. The number of carbonyl (C=O) groups excluding carboxylic acids is 1. The molecule has 0 saturated carbocycles. The summed E-state index contributed by atoms with van der Waals surface area (Å²) < 4.78 is 41.1. The summed E-state index contributed by atoms with van der Waals surface area (Å²) in [7, 11) is 0. The zero-order valence-corrected chi connectivity index (χ0v) is 14.0. The van der Waals surface area contributed by atoms with Gasteiger partial charge in [-0.3, -0.25) is 4.90 Å². The van der Waals surface area contributed by atoms with E-state index >= 15 is 0 Å². The number of urea groups is 1. The maximum atomic E-state index is 12.5. The third-order valence-electron chi connectivity index (χ3n) is 4.20. The zero-order valence-electron chi connectivity index (χ0n) is 12.4. The average molecular weight is 393 g/mol. The van der Waals surface area contributed by atoms with Crippen LogP contribution in [0.4, 0.5) is 23.7 Å². The summed E-state index contributed by atoms with van der Waals surface area (Å²) in [4.78, 5) is 16.3. The highest BCUT2D eigenvalue weighted by Gasteiger charge is 2.52. The summed E-state index contributed by atoms with van der Waals surface area (Å²) in [6.07, 6.45) is -3.49. The molecule has 2 amide bonds. The van der Waals surface area contributed by atoms with E-state index in [2.05, 4.69) is 20.7 Å². The van der Waals surface area contributed by atoms with E-state index in [1.54, 1.807) is 17.0 Å². The van der Waals surface area contributed by atoms with Gasteiger partial charge < -0.3 is 9.64 Å². The largest absolute Gasteiger partial charge is 0.484 e. The number of hydrogen-bond donors (Lipinski definition) is 0. The van der Waals surface area contributed by atoms with Gasteiger partial charge >= 0.3 is 12.2 Å². The highest BCUT2D eigenvalue weighted by Crippen LogP contribution is 2.40. The number of halogens is 4. The molecule has 23 heavy (non-hydrogen) atoms. The summed E-state index contributed by atoms with van der Waals surface area (Å²) in [6, 6.07) is 6.06. The van der Waals surface area contributed by atoms with Crippen LogP contribution < -0.4 is 9.64 Å². The Labute approximate surface area is 140 Å². The molecule has 2 atom stereocenters. The minimum atomic E-state index is -4.37. The molecule has 0 bridgehead atoms. The van der Waals surface area contributed by atoms with Crippen molar-refractivity contribution in [1.29, 1.82) is 0 Å². The first-order chi connectivity index (χ1) is 10.7. The van der Waals surface area contributed by atoms with Crippen molar-refractivity contribution in [2.45, 2.75) is 29.9 Å². The second kappa shape index (κ2) is 5.58. The Balaban J connectivity index is 1.70. The highest BCUT2D eigenvalue weighted by molar-refractivity contribution is 9.09. The van der Waals surface area contributed by atoms with Gasteiger partial charge in [0.1, 0.15) is 5.75 Å². The van der Waals surface area contributed by atoms with E-state index < -0.39 is 12.8 Å². The van der Waals surface area contributed by atoms with Crippen molar-refractivity contribution in [1.82, 2.24) is 4.90 Å². The van der Waals surface area contributed by atoms with E-state index in [1.807, 2.05) is 11.8 Å². The van der Waals surface area contributed by atoms with Crippen LogP contribution >= 0.6 is 15.9 Å². The summed E-state index contributed by atoms with van der Waals surface area (Å²) in [6.45, 7) is 1.95. The van der Waals surface area contributed by atoms with E-state index in [0.29, 0.717) is 23.6 Å². The minimum absolute atomic E-state index is 0.0709. The molecule has 0 N–H and O–H groups in total. The Morgan fingerprint density at radius 3 is 2.57 bits per heavy atom. The van der Waals surface area contributed by atoms with Crippen molar-refractivity contribution in [2.24, 2.45) is 0 Å². The molecule has 126 valence electrons. The Hall–Kier alpha value is -1.44. The normalized spacial score (nSPS) is 27.5. The molecule has 2 unspecified atom stereocenters. The van der Waals surface area contributed by atoms with Crippen LogP contribution in [0.3, 0.4) is 0 Å². The molecule has 1 aromatic carbocycles. The van der Waals surface area contributed by atoms with Crippen molar-refractivity contribution in [2.75, 3.05) is 24.6 Å². The van der Waals surface area contributed by atoms with Gasteiger partial charge in [-0.25, -0.2) is 4.79 Å². The SMILES string of the molecule is CC12CC(Br)CN1C(=O)N(c1ccc(OCC(F)(F)F)cc1)C2. The van der Waals surface area contributed by atoms with E-state index in [-0.39, 0.29) is 17.3 Å². The summed E-state index contributed by atoms with van der Waals surface area (Å²) in [5.74, 6) is 0.130. The van der Waals surface area contributed by atoms with Gasteiger partial charge in [-0.2, -0.15) is 13.2 Å². The van der Waals surface area contributed by atoms with Crippen molar-refractivity contribution in [3.63, 3.8) is 0 Å². The summed E-state index contributed by atoms with van der Waals surface area (Å²) in [5.41, 5.74) is 0.451. The second-order valence-corrected chi connectivity index (χ2v) is 7.47. The number of alkyl halides is 4. The van der Waals surface area contributed by atoms with Gasteiger partial charge in [0.05, 0.1) is 12.1 Å². The zero-order chi connectivity index (χ0) is 16.8. The van der Waals surface area contributed by atoms with Crippen molar-refractivity contribution in [3.05, 3.63) is 24.3 Å². The van der Waals surface area contributed by atoms with Crippen molar-refractivity contribution < 1.29 is 22.7 Å². The maximum Gasteiger partial charge on any atom is 0.422 e. The number of amides is 2. The molecule has 2 fully saturated rings. The number of anilines is 1. The topological polar surface area (TPSA) is 32.8 Å². The molecule has 8 heteroatoms. The fraction of sp³-hybridized carbons (Fsp3) is 0.533. The van der Waals surface area contributed by atoms with Crippen LogP contribution in [0.5, 0.6) is 5.75 Å². The number of carbonyl (C=O) groups is 1. The number of rotatable bonds is 3. The van der Waals surface area contributed by atoms with Crippen LogP contribution in [0.1, 0.15) is 13.3 Å². The molecular weight excluding hydrogens is 377 g/mol. The van der Waals surface area contributed by atoms with Gasteiger partial charge in [0.25, 0.3) is 0 Å². The molecule has 0 radical (unpaired) electrons. The van der Waals surface area contributed by atoms with Crippen LogP contribution in [-0.4, -0.2) is 47.2 Å². The van der Waals surface area contributed by atoms with Gasteiger partial charge in [-0.1, -0.05) is 15.9 Å². The Bertz CT molecular complexity index is 608. The first-order valence-corrected chi connectivity index (χ1v) is 8.12. The predicted molar refractivity (Wildman–Crippen MR) is 83.2 cm³/mol. The van der Waals surface area contributed by atoms with Gasteiger partial charge in [0.2, 0.25) is 0 Å². The van der Waals surface area contributed by atoms with E-state index in [4.69, 9.17) is 0 Å². The first-order valence-electron chi connectivity index (χ1n) is 7.21. The van der Waals surface area contributed by atoms with Crippen LogP contribution in [0.15, 0.2) is 24.3 Å². The monoisotopic (exact) mass is 392 g/mol. The number of fused-ring (bicyclic) bond motifs is 1. The molecule has 1 aromatic rings. The predicted octanol–water partition coefficient (Wildman–Crippen LogP) is 3.80. The highest BCUT2D eigenvalue weighted by atomic mass is 79.9. The molecular formula is C15H16BrF3N2O2. The van der Waals surface area contributed by atoms with E-state index in [9.17, 15) is 18.0 Å². The molecule has 2 saturated heterocycles. The van der Waals surface area contributed by atoms with Gasteiger partial charge in [-0.15, -0.1) is 0 Å². The van der Waals surface area contributed by atoms with E-state index in [0.717, 1.165) is 6.42 Å². The van der Waals surface area contributed by atoms with Gasteiger partial charge in [0.15, 0.2) is 6.61 Å². The molecule has 0 aromatic heterocycles. The summed E-state index contributed by atoms with van der Waals surface area (Å²) >= 11 is 3.55. The second-order valence-electron chi connectivity index (χ2n) is 6.18. The van der Waals surface area contributed by atoms with Crippen molar-refractivity contribution in [3.8, 4) is 5.75 Å². The number of hydrogen-bond acceptors (Lipinski definition) is 2. The number of ether oxygens (including phenoxy) is 1. The Morgan fingerprint density at radius 2 is 2.00 bits per heavy atom. The lowest BCUT2D eigenvalue weighted by atomic mass is 10.0. The quantitative estimate of drug-likeness (QED) is 0.733. The molecule has 2 heterocycles. The van der Waals surface area contributed by atoms with Crippen molar-refractivity contribution >= 4 is 27.6 Å². The van der Waals surface area contributed by atoms with Crippen LogP contribution in [0, 0.1) is 0 Å². The number of benzene rings is 1. The lowest BCUT2D eigenvalue weighted by Gasteiger charge is -2.24. The average Bonchev–Trinajstić information content (AvgIpc) is 2.88. The fourth-order valence-corrected chi connectivity index (χ4v) is 4.16. The van der Waals surface area contributed by atoms with Crippen LogP contribution in [0.2, 0.25) is 0 Å². The lowest BCUT2D eigenvalue weighted by molar-refractivity contribution is -0.153. The van der Waals surface area contributed by atoms with Crippen LogP contribution in [-0.2, 0) is 0 Å². The number of nitrogens with zero attached hydrogens (tertiary/aromatic N) is 2. The van der Waals surface area contributed by atoms with Crippen LogP contribution in [0.25, 0.3) is 0 Å². The fourth-order valence-electron chi connectivity index (χ4n) is 3.17. The van der Waals surface area contributed by atoms with Gasteiger partial charge in [0, 0.05) is 17.1 Å². The van der Waals surface area contributed by atoms with E-state index in [1.165, 1.54) is 12.1 Å². The Morgan fingerprint density at radius 1 is 1.35 bits per heavy atom. The molecule has 0 spiro atoms. The molecule has 4 nitrogen and oxygen atoms in total. The third-order valence-corrected chi connectivity index (χ3v) is 4.82. The first kappa shape index (κ1) is 16.4. The summed E-state index contributed by atoms with van der Waals surface area (Å²) in [5, 5.41) is 0. The molecule has 0 aliphatic carbocycles.